The largest absolute Gasteiger partial charge is 0.311 e. The van der Waals surface area contributed by atoms with Gasteiger partial charge >= 0.3 is 0 Å². The Kier molecular flexibility index (Phi) is 4.38. The lowest BCUT2D eigenvalue weighted by atomic mass is 9.91. The minimum atomic E-state index is 0.643. The minimum absolute atomic E-state index is 0.643. The van der Waals surface area contributed by atoms with Crippen LogP contribution < -0.4 is 5.32 Å². The van der Waals surface area contributed by atoms with Crippen LogP contribution in [0.5, 0.6) is 0 Å². The summed E-state index contributed by atoms with van der Waals surface area (Å²) in [6, 6.07) is 1.44. The zero-order chi connectivity index (χ0) is 13.3. The Bertz CT molecular complexity index is 270. The number of nitrogens with zero attached hydrogens (tertiary/aromatic N) is 1. The van der Waals surface area contributed by atoms with Crippen molar-refractivity contribution in [2.45, 2.75) is 66.0 Å². The molecule has 106 valence electrons. The fraction of sp³-hybridized carbons (Fsp3) is 1.00. The van der Waals surface area contributed by atoms with Gasteiger partial charge in [-0.25, -0.2) is 0 Å². The summed E-state index contributed by atoms with van der Waals surface area (Å²) in [4.78, 5) is 2.80. The number of piperazine rings is 1. The molecular formula is C16H32N2. The molecule has 0 radical (unpaired) electrons. The van der Waals surface area contributed by atoms with E-state index in [0.29, 0.717) is 11.5 Å². The van der Waals surface area contributed by atoms with Crippen molar-refractivity contribution in [3.05, 3.63) is 0 Å². The van der Waals surface area contributed by atoms with Crippen molar-refractivity contribution in [1.29, 1.82) is 0 Å². The van der Waals surface area contributed by atoms with Gasteiger partial charge in [0.15, 0.2) is 0 Å². The zero-order valence-electron chi connectivity index (χ0n) is 13.0. The Morgan fingerprint density at radius 2 is 1.94 bits per heavy atom. The Morgan fingerprint density at radius 1 is 1.28 bits per heavy atom. The molecule has 0 aromatic carbocycles. The van der Waals surface area contributed by atoms with Crippen LogP contribution in [-0.2, 0) is 0 Å². The van der Waals surface area contributed by atoms with E-state index in [1.807, 2.05) is 0 Å². The van der Waals surface area contributed by atoms with Crippen molar-refractivity contribution in [3.63, 3.8) is 0 Å². The fourth-order valence-corrected chi connectivity index (χ4v) is 3.22. The van der Waals surface area contributed by atoms with Gasteiger partial charge in [-0.15, -0.1) is 0 Å². The summed E-state index contributed by atoms with van der Waals surface area (Å²) in [5, 5.41) is 3.80. The third-order valence-corrected chi connectivity index (χ3v) is 5.28. The highest BCUT2D eigenvalue weighted by Crippen LogP contribution is 2.46. The predicted molar refractivity (Wildman–Crippen MR) is 78.8 cm³/mol. The molecule has 0 bridgehead atoms. The van der Waals surface area contributed by atoms with E-state index >= 15 is 0 Å². The van der Waals surface area contributed by atoms with Gasteiger partial charge in [-0.05, 0) is 30.1 Å². The van der Waals surface area contributed by atoms with Gasteiger partial charge in [-0.3, -0.25) is 4.90 Å². The lowest BCUT2D eigenvalue weighted by Gasteiger charge is -2.45. The molecule has 1 aliphatic carbocycles. The topological polar surface area (TPSA) is 15.3 Å². The van der Waals surface area contributed by atoms with Gasteiger partial charge in [-0.2, -0.15) is 0 Å². The summed E-state index contributed by atoms with van der Waals surface area (Å²) in [5.74, 6) is 1.56. The highest BCUT2D eigenvalue weighted by atomic mass is 15.2. The lowest BCUT2D eigenvalue weighted by Crippen LogP contribution is -2.60. The second-order valence-corrected chi connectivity index (χ2v) is 7.45. The third-order valence-electron chi connectivity index (χ3n) is 5.28. The van der Waals surface area contributed by atoms with Crippen LogP contribution in [-0.4, -0.2) is 36.6 Å². The highest BCUT2D eigenvalue weighted by Gasteiger charge is 2.42. The fourth-order valence-electron chi connectivity index (χ4n) is 3.22. The first-order valence-corrected chi connectivity index (χ1v) is 7.92. The summed E-state index contributed by atoms with van der Waals surface area (Å²) >= 11 is 0. The second-order valence-electron chi connectivity index (χ2n) is 7.45. The summed E-state index contributed by atoms with van der Waals surface area (Å²) < 4.78 is 0. The molecule has 1 saturated carbocycles. The molecule has 2 fully saturated rings. The van der Waals surface area contributed by atoms with Crippen LogP contribution in [0.1, 0.15) is 53.9 Å². The van der Waals surface area contributed by atoms with E-state index in [1.165, 1.54) is 38.9 Å². The molecule has 1 aliphatic heterocycles. The normalized spacial score (nSPS) is 33.7. The molecule has 2 nitrogen and oxygen atoms in total. The standard InChI is InChI=1S/C16H32N2/c1-6-13(4)14-10-18(11-16(5)7-8-16)15(9-17-14)12(2)3/h12-15,17H,6-11H2,1-5H3. The van der Waals surface area contributed by atoms with E-state index in [4.69, 9.17) is 0 Å². The first kappa shape index (κ1) is 14.3. The van der Waals surface area contributed by atoms with Crippen LogP contribution in [0.15, 0.2) is 0 Å². The van der Waals surface area contributed by atoms with E-state index in [1.54, 1.807) is 0 Å². The van der Waals surface area contributed by atoms with Crippen molar-refractivity contribution < 1.29 is 0 Å². The molecule has 0 aromatic rings. The Labute approximate surface area is 114 Å². The van der Waals surface area contributed by atoms with Crippen molar-refractivity contribution in [3.8, 4) is 0 Å². The number of nitrogens with one attached hydrogen (secondary N) is 1. The molecule has 0 spiro atoms. The van der Waals surface area contributed by atoms with Crippen molar-refractivity contribution >= 4 is 0 Å². The van der Waals surface area contributed by atoms with Crippen LogP contribution in [0.4, 0.5) is 0 Å². The minimum Gasteiger partial charge on any atom is -0.311 e. The Balaban J connectivity index is 1.98. The molecule has 3 unspecified atom stereocenters. The SMILES string of the molecule is CCC(C)C1CN(CC2(C)CC2)C(C(C)C)CN1. The molecule has 3 atom stereocenters. The third kappa shape index (κ3) is 3.27. The lowest BCUT2D eigenvalue weighted by molar-refractivity contribution is 0.0655. The molecule has 1 saturated heterocycles. The van der Waals surface area contributed by atoms with E-state index in [2.05, 4.69) is 44.8 Å². The van der Waals surface area contributed by atoms with Gasteiger partial charge in [0, 0.05) is 31.7 Å². The van der Waals surface area contributed by atoms with Gasteiger partial charge in [0.05, 0.1) is 0 Å². The van der Waals surface area contributed by atoms with Gasteiger partial charge < -0.3 is 5.32 Å². The summed E-state index contributed by atoms with van der Waals surface area (Å²) in [7, 11) is 0. The smallest absolute Gasteiger partial charge is 0.0244 e. The van der Waals surface area contributed by atoms with Crippen molar-refractivity contribution in [2.24, 2.45) is 17.3 Å². The Morgan fingerprint density at radius 3 is 2.44 bits per heavy atom. The molecule has 2 rings (SSSR count). The average molecular weight is 252 g/mol. The van der Waals surface area contributed by atoms with E-state index in [0.717, 1.165) is 17.9 Å². The van der Waals surface area contributed by atoms with Gasteiger partial charge in [0.1, 0.15) is 0 Å². The van der Waals surface area contributed by atoms with Crippen LogP contribution in [0.2, 0.25) is 0 Å². The molecule has 1 heterocycles. The predicted octanol–water partition coefficient (Wildman–Crippen LogP) is 3.13. The van der Waals surface area contributed by atoms with Gasteiger partial charge in [0.25, 0.3) is 0 Å². The highest BCUT2D eigenvalue weighted by molar-refractivity contribution is 4.97. The first-order valence-electron chi connectivity index (χ1n) is 7.92. The van der Waals surface area contributed by atoms with E-state index in [9.17, 15) is 0 Å². The van der Waals surface area contributed by atoms with Crippen molar-refractivity contribution in [1.82, 2.24) is 10.2 Å². The maximum Gasteiger partial charge on any atom is 0.0244 e. The van der Waals surface area contributed by atoms with Gasteiger partial charge in [-0.1, -0.05) is 41.0 Å². The molecule has 0 amide bonds. The van der Waals surface area contributed by atoms with Gasteiger partial charge in [0.2, 0.25) is 0 Å². The summed E-state index contributed by atoms with van der Waals surface area (Å²) in [5.41, 5.74) is 0.643. The quantitative estimate of drug-likeness (QED) is 0.809. The maximum absolute atomic E-state index is 3.80. The molecular weight excluding hydrogens is 220 g/mol. The zero-order valence-corrected chi connectivity index (χ0v) is 13.0. The molecule has 18 heavy (non-hydrogen) atoms. The van der Waals surface area contributed by atoms with E-state index in [-0.39, 0.29) is 0 Å². The molecule has 1 N–H and O–H groups in total. The van der Waals surface area contributed by atoms with Crippen LogP contribution >= 0.6 is 0 Å². The van der Waals surface area contributed by atoms with Crippen LogP contribution in [0.3, 0.4) is 0 Å². The second kappa shape index (κ2) is 5.50. The van der Waals surface area contributed by atoms with Crippen LogP contribution in [0.25, 0.3) is 0 Å². The number of rotatable bonds is 5. The Hall–Kier alpha value is -0.0800. The summed E-state index contributed by atoms with van der Waals surface area (Å²) in [6.45, 7) is 15.7. The first-order chi connectivity index (χ1) is 8.45. The van der Waals surface area contributed by atoms with Crippen molar-refractivity contribution in [2.75, 3.05) is 19.6 Å². The number of hydrogen-bond donors (Lipinski definition) is 1. The maximum atomic E-state index is 3.80. The van der Waals surface area contributed by atoms with E-state index < -0.39 is 0 Å². The number of hydrogen-bond acceptors (Lipinski definition) is 2. The summed E-state index contributed by atoms with van der Waals surface area (Å²) in [6.07, 6.45) is 4.17. The monoisotopic (exact) mass is 252 g/mol. The molecule has 2 heteroatoms. The molecule has 0 aromatic heterocycles. The average Bonchev–Trinajstić information content (AvgIpc) is 3.05. The van der Waals surface area contributed by atoms with Crippen LogP contribution in [0, 0.1) is 17.3 Å². The molecule has 2 aliphatic rings.